The maximum atomic E-state index is 13.2. The monoisotopic (exact) mass is 403 g/mol. The van der Waals surface area contributed by atoms with Gasteiger partial charge in [0.15, 0.2) is 0 Å². The van der Waals surface area contributed by atoms with Crippen molar-refractivity contribution in [3.05, 3.63) is 52.3 Å². The number of rotatable bonds is 3. The number of hydrogen-bond donors (Lipinski definition) is 0. The number of aryl methyl sites for hydroxylation is 3. The lowest BCUT2D eigenvalue weighted by atomic mass is 10.1. The highest BCUT2D eigenvalue weighted by Gasteiger charge is 2.26. The van der Waals surface area contributed by atoms with Crippen LogP contribution in [0.4, 0.5) is 0 Å². The van der Waals surface area contributed by atoms with Crippen LogP contribution in [0.1, 0.15) is 39.3 Å². The molecule has 3 rings (SSSR count). The largest absolute Gasteiger partial charge is 0.337 e. The molecule has 0 bridgehead atoms. The van der Waals surface area contributed by atoms with E-state index in [2.05, 4.69) is 36.6 Å². The zero-order valence-corrected chi connectivity index (χ0v) is 18.1. The van der Waals surface area contributed by atoms with Crippen molar-refractivity contribution in [3.8, 4) is 5.69 Å². The zero-order chi connectivity index (χ0) is 20.6. The molecule has 2 aromatic rings. The lowest BCUT2D eigenvalue weighted by molar-refractivity contribution is 0.0763. The predicted octanol–water partition coefficient (Wildman–Crippen LogP) is 2.82. The van der Waals surface area contributed by atoms with Gasteiger partial charge in [0, 0.05) is 43.3 Å². The second-order valence-corrected chi connectivity index (χ2v) is 9.76. The average molecular weight is 404 g/mol. The highest BCUT2D eigenvalue weighted by atomic mass is 32.2. The fraction of sp³-hybridized carbons (Fsp3) is 0.476. The van der Waals surface area contributed by atoms with E-state index in [9.17, 15) is 13.2 Å². The Morgan fingerprint density at radius 1 is 0.893 bits per heavy atom. The van der Waals surface area contributed by atoms with E-state index in [1.165, 1.54) is 21.7 Å². The Balaban J connectivity index is 1.89. The number of sulfonamides is 1. The van der Waals surface area contributed by atoms with Gasteiger partial charge in [-0.1, -0.05) is 6.07 Å². The van der Waals surface area contributed by atoms with Crippen LogP contribution >= 0.6 is 0 Å². The Kier molecular flexibility index (Phi) is 5.68. The van der Waals surface area contributed by atoms with Crippen LogP contribution in [0.3, 0.4) is 0 Å². The fourth-order valence-corrected chi connectivity index (χ4v) is 4.93. The third-order valence-electron chi connectivity index (χ3n) is 5.34. The van der Waals surface area contributed by atoms with Gasteiger partial charge in [-0.3, -0.25) is 4.79 Å². The maximum Gasteiger partial charge on any atom is 0.255 e. The first kappa shape index (κ1) is 20.6. The first-order valence-electron chi connectivity index (χ1n) is 9.60. The van der Waals surface area contributed by atoms with Crippen molar-refractivity contribution in [2.24, 2.45) is 0 Å². The van der Waals surface area contributed by atoms with Crippen LogP contribution in [0.25, 0.3) is 5.69 Å². The number of carbonyl (C=O) groups excluding carboxylic acids is 1. The van der Waals surface area contributed by atoms with Crippen LogP contribution in [-0.4, -0.2) is 60.5 Å². The average Bonchev–Trinajstić information content (AvgIpc) is 2.75. The standard InChI is InChI=1S/C21H29N3O3S/c1-15-11-16(2)13-19(12-15)24-17(3)14-20(18(24)4)21(25)22-7-6-8-23(10-9-22)28(5,26)27/h11-14H,6-10H2,1-5H3. The second-order valence-electron chi connectivity index (χ2n) is 7.77. The molecule has 152 valence electrons. The van der Waals surface area contributed by atoms with Crippen molar-refractivity contribution in [1.82, 2.24) is 13.8 Å². The van der Waals surface area contributed by atoms with Crippen molar-refractivity contribution in [1.29, 1.82) is 0 Å². The van der Waals surface area contributed by atoms with Crippen LogP contribution in [0.2, 0.25) is 0 Å². The molecule has 0 saturated carbocycles. The summed E-state index contributed by atoms with van der Waals surface area (Å²) in [6, 6.07) is 8.32. The van der Waals surface area contributed by atoms with Crippen molar-refractivity contribution < 1.29 is 13.2 Å². The Bertz CT molecular complexity index is 988. The van der Waals surface area contributed by atoms with Gasteiger partial charge in [0.2, 0.25) is 10.0 Å². The SMILES string of the molecule is Cc1cc(C)cc(-n2c(C)cc(C(=O)N3CCCN(S(C)(=O)=O)CC3)c2C)c1. The molecular formula is C21H29N3O3S. The number of nitrogens with zero attached hydrogens (tertiary/aromatic N) is 3. The van der Waals surface area contributed by atoms with E-state index in [-0.39, 0.29) is 5.91 Å². The van der Waals surface area contributed by atoms with E-state index in [4.69, 9.17) is 0 Å². The molecule has 0 spiro atoms. The van der Waals surface area contributed by atoms with Gasteiger partial charge < -0.3 is 9.47 Å². The van der Waals surface area contributed by atoms with Crippen molar-refractivity contribution in [2.45, 2.75) is 34.1 Å². The number of amides is 1. The first-order valence-corrected chi connectivity index (χ1v) is 11.4. The van der Waals surface area contributed by atoms with E-state index in [1.807, 2.05) is 19.9 Å². The van der Waals surface area contributed by atoms with Gasteiger partial charge in [-0.2, -0.15) is 0 Å². The van der Waals surface area contributed by atoms with Gasteiger partial charge in [-0.25, -0.2) is 12.7 Å². The molecule has 28 heavy (non-hydrogen) atoms. The minimum atomic E-state index is -3.23. The van der Waals surface area contributed by atoms with Crippen LogP contribution in [0.5, 0.6) is 0 Å². The Hall–Kier alpha value is -2.12. The summed E-state index contributed by atoms with van der Waals surface area (Å²) in [6.07, 6.45) is 1.87. The molecule has 0 radical (unpaired) electrons. The molecule has 6 nitrogen and oxygen atoms in total. The lowest BCUT2D eigenvalue weighted by Gasteiger charge is -2.21. The first-order chi connectivity index (χ1) is 13.1. The maximum absolute atomic E-state index is 13.2. The highest BCUT2D eigenvalue weighted by molar-refractivity contribution is 7.88. The molecular weight excluding hydrogens is 374 g/mol. The molecule has 1 saturated heterocycles. The number of carbonyl (C=O) groups is 1. The minimum absolute atomic E-state index is 0.0286. The molecule has 0 unspecified atom stereocenters. The molecule has 0 aliphatic carbocycles. The molecule has 0 atom stereocenters. The number of aromatic nitrogens is 1. The number of benzene rings is 1. The molecule has 1 aromatic heterocycles. The summed E-state index contributed by atoms with van der Waals surface area (Å²) in [7, 11) is -3.23. The van der Waals surface area contributed by atoms with Crippen LogP contribution < -0.4 is 0 Å². The molecule has 0 N–H and O–H groups in total. The quantitative estimate of drug-likeness (QED) is 0.792. The number of hydrogen-bond acceptors (Lipinski definition) is 3. The summed E-state index contributed by atoms with van der Waals surface area (Å²) < 4.78 is 27.2. The zero-order valence-electron chi connectivity index (χ0n) is 17.3. The van der Waals surface area contributed by atoms with E-state index < -0.39 is 10.0 Å². The van der Waals surface area contributed by atoms with Crippen LogP contribution in [-0.2, 0) is 10.0 Å². The van der Waals surface area contributed by atoms with Gasteiger partial charge in [-0.05, 0) is 63.4 Å². The normalized spacial score (nSPS) is 16.2. The highest BCUT2D eigenvalue weighted by Crippen LogP contribution is 2.24. The second kappa shape index (κ2) is 7.72. The van der Waals surface area contributed by atoms with Gasteiger partial charge in [0.25, 0.3) is 5.91 Å². The third kappa shape index (κ3) is 4.15. The van der Waals surface area contributed by atoms with Gasteiger partial charge in [0.1, 0.15) is 0 Å². The summed E-state index contributed by atoms with van der Waals surface area (Å²) in [6.45, 7) is 9.92. The molecule has 1 aliphatic rings. The summed E-state index contributed by atoms with van der Waals surface area (Å²) in [4.78, 5) is 15.0. The Labute approximate surface area is 167 Å². The van der Waals surface area contributed by atoms with Crippen molar-refractivity contribution in [3.63, 3.8) is 0 Å². The Morgan fingerprint density at radius 3 is 2.14 bits per heavy atom. The molecule has 1 aromatic carbocycles. The summed E-state index contributed by atoms with van der Waals surface area (Å²) in [5.74, 6) is -0.0286. The molecule has 1 aliphatic heterocycles. The van der Waals surface area contributed by atoms with E-state index in [0.717, 1.165) is 17.1 Å². The van der Waals surface area contributed by atoms with Gasteiger partial charge in [0.05, 0.1) is 11.8 Å². The van der Waals surface area contributed by atoms with Crippen molar-refractivity contribution in [2.75, 3.05) is 32.4 Å². The Morgan fingerprint density at radius 2 is 1.54 bits per heavy atom. The molecule has 1 fully saturated rings. The molecule has 7 heteroatoms. The van der Waals surface area contributed by atoms with E-state index in [0.29, 0.717) is 38.2 Å². The predicted molar refractivity (Wildman–Crippen MR) is 112 cm³/mol. The van der Waals surface area contributed by atoms with E-state index in [1.54, 1.807) is 4.90 Å². The summed E-state index contributed by atoms with van der Waals surface area (Å²) in [5, 5.41) is 0. The van der Waals surface area contributed by atoms with Crippen molar-refractivity contribution >= 4 is 15.9 Å². The summed E-state index contributed by atoms with van der Waals surface area (Å²) in [5.41, 5.74) is 6.04. The fourth-order valence-electron chi connectivity index (χ4n) is 4.06. The lowest BCUT2D eigenvalue weighted by Crippen LogP contribution is -2.37. The topological polar surface area (TPSA) is 62.6 Å². The van der Waals surface area contributed by atoms with Gasteiger partial charge >= 0.3 is 0 Å². The van der Waals surface area contributed by atoms with E-state index >= 15 is 0 Å². The molecule has 1 amide bonds. The smallest absolute Gasteiger partial charge is 0.255 e. The molecule has 2 heterocycles. The van der Waals surface area contributed by atoms with Crippen LogP contribution in [0, 0.1) is 27.7 Å². The third-order valence-corrected chi connectivity index (χ3v) is 6.64. The van der Waals surface area contributed by atoms with Gasteiger partial charge in [-0.15, -0.1) is 0 Å². The summed E-state index contributed by atoms with van der Waals surface area (Å²) >= 11 is 0. The minimum Gasteiger partial charge on any atom is -0.337 e. The van der Waals surface area contributed by atoms with Crippen LogP contribution in [0.15, 0.2) is 24.3 Å².